The molecular weight excluding hydrogens is 324 g/mol. The lowest BCUT2D eigenvalue weighted by molar-refractivity contribution is -0.135. The van der Waals surface area contributed by atoms with Crippen LogP contribution in [0.4, 0.5) is 0 Å². The predicted octanol–water partition coefficient (Wildman–Crippen LogP) is 2.35. The predicted molar refractivity (Wildman–Crippen MR) is 95.3 cm³/mol. The molecule has 2 atom stereocenters. The highest BCUT2D eigenvalue weighted by Gasteiger charge is 2.38. The number of aromatic hydroxyl groups is 1. The average Bonchev–Trinajstić information content (AvgIpc) is 3.10. The molecule has 2 heterocycles. The van der Waals surface area contributed by atoms with Crippen molar-refractivity contribution in [1.82, 2.24) is 9.80 Å². The van der Waals surface area contributed by atoms with Crippen LogP contribution in [0.15, 0.2) is 24.3 Å². The first-order chi connectivity index (χ1) is 11.6. The molecule has 2 aliphatic rings. The first kappa shape index (κ1) is 17.1. The molecule has 0 spiro atoms. The second-order valence-electron chi connectivity index (χ2n) is 6.36. The quantitative estimate of drug-likeness (QED) is 0.911. The van der Waals surface area contributed by atoms with Gasteiger partial charge in [-0.1, -0.05) is 19.1 Å². The zero-order valence-corrected chi connectivity index (χ0v) is 14.8. The summed E-state index contributed by atoms with van der Waals surface area (Å²) >= 11 is 1.93. The van der Waals surface area contributed by atoms with Gasteiger partial charge in [-0.3, -0.25) is 9.59 Å². The molecule has 1 N–H and O–H groups in total. The minimum absolute atomic E-state index is 0.0268. The Balaban J connectivity index is 1.74. The van der Waals surface area contributed by atoms with Crippen LogP contribution in [0.5, 0.6) is 5.75 Å². The Morgan fingerprint density at radius 3 is 2.83 bits per heavy atom. The van der Waals surface area contributed by atoms with Gasteiger partial charge in [0.15, 0.2) is 0 Å². The standard InChI is InChI=1S/C18H24N2O3S/c1-2-13-12-19(10-11-24-13)18(23)15-7-5-9-20(15)17(22)14-6-3-4-8-16(14)21/h3-4,6,8,13,15,21H,2,5,7,9-12H2,1H3/t13-,15+/m0/s1. The van der Waals surface area contributed by atoms with Crippen molar-refractivity contribution in [3.8, 4) is 5.75 Å². The highest BCUT2D eigenvalue weighted by Crippen LogP contribution is 2.27. The van der Waals surface area contributed by atoms with E-state index in [1.807, 2.05) is 16.7 Å². The van der Waals surface area contributed by atoms with Gasteiger partial charge in [-0.2, -0.15) is 11.8 Å². The summed E-state index contributed by atoms with van der Waals surface area (Å²) in [7, 11) is 0. The summed E-state index contributed by atoms with van der Waals surface area (Å²) in [5.74, 6) is 0.753. The smallest absolute Gasteiger partial charge is 0.258 e. The summed E-state index contributed by atoms with van der Waals surface area (Å²) in [5.41, 5.74) is 0.276. The Labute approximate surface area is 147 Å². The van der Waals surface area contributed by atoms with Gasteiger partial charge < -0.3 is 14.9 Å². The maximum Gasteiger partial charge on any atom is 0.258 e. The number of thioether (sulfide) groups is 1. The van der Waals surface area contributed by atoms with Crippen LogP contribution >= 0.6 is 11.8 Å². The molecule has 1 aromatic carbocycles. The van der Waals surface area contributed by atoms with Gasteiger partial charge in [0.05, 0.1) is 5.56 Å². The number of amides is 2. The van der Waals surface area contributed by atoms with Crippen LogP contribution in [0.2, 0.25) is 0 Å². The molecule has 24 heavy (non-hydrogen) atoms. The van der Waals surface area contributed by atoms with Crippen molar-refractivity contribution in [1.29, 1.82) is 0 Å². The SMILES string of the molecule is CC[C@H]1CN(C(=O)[C@H]2CCCN2C(=O)c2ccccc2O)CCS1. The van der Waals surface area contributed by atoms with E-state index >= 15 is 0 Å². The molecule has 0 aliphatic carbocycles. The minimum Gasteiger partial charge on any atom is -0.507 e. The van der Waals surface area contributed by atoms with Crippen molar-refractivity contribution in [2.75, 3.05) is 25.4 Å². The Hall–Kier alpha value is -1.69. The topological polar surface area (TPSA) is 60.9 Å². The van der Waals surface area contributed by atoms with Crippen LogP contribution in [0.1, 0.15) is 36.5 Å². The molecule has 0 unspecified atom stereocenters. The molecular formula is C18H24N2O3S. The van der Waals surface area contributed by atoms with Crippen molar-refractivity contribution in [3.63, 3.8) is 0 Å². The van der Waals surface area contributed by atoms with E-state index < -0.39 is 6.04 Å². The largest absolute Gasteiger partial charge is 0.507 e. The first-order valence-electron chi connectivity index (χ1n) is 8.61. The monoisotopic (exact) mass is 348 g/mol. The van der Waals surface area contributed by atoms with Gasteiger partial charge in [0.2, 0.25) is 5.91 Å². The summed E-state index contributed by atoms with van der Waals surface area (Å²) in [6.45, 7) is 4.25. The fourth-order valence-corrected chi connectivity index (χ4v) is 4.63. The fraction of sp³-hybridized carbons (Fsp3) is 0.556. The van der Waals surface area contributed by atoms with Crippen molar-refractivity contribution >= 4 is 23.6 Å². The fourth-order valence-electron chi connectivity index (χ4n) is 3.45. The Bertz CT molecular complexity index is 622. The normalized spacial score (nSPS) is 24.2. The van der Waals surface area contributed by atoms with Gasteiger partial charge in [0, 0.05) is 30.6 Å². The second kappa shape index (κ2) is 7.47. The van der Waals surface area contributed by atoms with Gasteiger partial charge in [-0.05, 0) is 31.4 Å². The van der Waals surface area contributed by atoms with E-state index in [-0.39, 0.29) is 23.1 Å². The number of carbonyl (C=O) groups is 2. The molecule has 0 bridgehead atoms. The number of phenolic OH excluding ortho intramolecular Hbond substituents is 1. The van der Waals surface area contributed by atoms with E-state index in [9.17, 15) is 14.7 Å². The third-order valence-corrected chi connectivity index (χ3v) is 6.21. The van der Waals surface area contributed by atoms with E-state index in [1.54, 1.807) is 23.1 Å². The summed E-state index contributed by atoms with van der Waals surface area (Å²) in [6.07, 6.45) is 2.59. The van der Waals surface area contributed by atoms with Crippen LogP contribution in [0.25, 0.3) is 0 Å². The van der Waals surface area contributed by atoms with E-state index in [0.717, 1.165) is 31.7 Å². The number of phenols is 1. The third-order valence-electron chi connectivity index (χ3n) is 4.84. The lowest BCUT2D eigenvalue weighted by atomic mass is 10.1. The molecule has 3 rings (SSSR count). The number of hydrogen-bond donors (Lipinski definition) is 1. The molecule has 0 radical (unpaired) electrons. The summed E-state index contributed by atoms with van der Waals surface area (Å²) in [4.78, 5) is 29.3. The van der Waals surface area contributed by atoms with Gasteiger partial charge in [0.25, 0.3) is 5.91 Å². The second-order valence-corrected chi connectivity index (χ2v) is 7.77. The van der Waals surface area contributed by atoms with Gasteiger partial charge in [-0.15, -0.1) is 0 Å². The third kappa shape index (κ3) is 3.38. The maximum absolute atomic E-state index is 13.0. The zero-order chi connectivity index (χ0) is 17.1. The number of nitrogens with zero attached hydrogens (tertiary/aromatic N) is 2. The van der Waals surface area contributed by atoms with Crippen LogP contribution in [0, 0.1) is 0 Å². The molecule has 5 nitrogen and oxygen atoms in total. The molecule has 0 aromatic heterocycles. The molecule has 130 valence electrons. The Kier molecular flexibility index (Phi) is 5.33. The highest BCUT2D eigenvalue weighted by atomic mass is 32.2. The van der Waals surface area contributed by atoms with E-state index in [4.69, 9.17) is 0 Å². The van der Waals surface area contributed by atoms with Gasteiger partial charge in [-0.25, -0.2) is 0 Å². The van der Waals surface area contributed by atoms with Gasteiger partial charge in [0.1, 0.15) is 11.8 Å². The summed E-state index contributed by atoms with van der Waals surface area (Å²) in [5, 5.41) is 10.4. The minimum atomic E-state index is -0.391. The molecule has 2 aliphatic heterocycles. The first-order valence-corrected chi connectivity index (χ1v) is 9.66. The number of likely N-dealkylation sites (tertiary alicyclic amines) is 1. The van der Waals surface area contributed by atoms with Gasteiger partial charge >= 0.3 is 0 Å². The van der Waals surface area contributed by atoms with Crippen molar-refractivity contribution < 1.29 is 14.7 Å². The van der Waals surface area contributed by atoms with E-state index in [0.29, 0.717) is 18.2 Å². The van der Waals surface area contributed by atoms with Crippen molar-refractivity contribution in [2.24, 2.45) is 0 Å². The Morgan fingerprint density at radius 1 is 1.29 bits per heavy atom. The summed E-state index contributed by atoms with van der Waals surface area (Å²) < 4.78 is 0. The molecule has 6 heteroatoms. The van der Waals surface area contributed by atoms with Crippen LogP contribution < -0.4 is 0 Å². The van der Waals surface area contributed by atoms with E-state index in [1.165, 1.54) is 6.07 Å². The van der Waals surface area contributed by atoms with Crippen LogP contribution in [0.3, 0.4) is 0 Å². The van der Waals surface area contributed by atoms with Crippen LogP contribution in [-0.4, -0.2) is 63.4 Å². The highest BCUT2D eigenvalue weighted by molar-refractivity contribution is 8.00. The number of para-hydroxylation sites is 1. The number of carbonyl (C=O) groups excluding carboxylic acids is 2. The van der Waals surface area contributed by atoms with Crippen LogP contribution in [-0.2, 0) is 4.79 Å². The maximum atomic E-state index is 13.0. The summed E-state index contributed by atoms with van der Waals surface area (Å²) in [6, 6.07) is 6.15. The van der Waals surface area contributed by atoms with Crippen molar-refractivity contribution in [3.05, 3.63) is 29.8 Å². The van der Waals surface area contributed by atoms with E-state index in [2.05, 4.69) is 6.92 Å². The number of rotatable bonds is 3. The average molecular weight is 348 g/mol. The number of hydrogen-bond acceptors (Lipinski definition) is 4. The Morgan fingerprint density at radius 2 is 2.08 bits per heavy atom. The van der Waals surface area contributed by atoms with Crippen molar-refractivity contribution in [2.45, 2.75) is 37.5 Å². The zero-order valence-electron chi connectivity index (χ0n) is 14.0. The molecule has 2 amide bonds. The molecule has 2 saturated heterocycles. The molecule has 0 saturated carbocycles. The lowest BCUT2D eigenvalue weighted by Gasteiger charge is -2.35. The number of benzene rings is 1. The molecule has 2 fully saturated rings. The lowest BCUT2D eigenvalue weighted by Crippen LogP contribution is -2.51. The molecule has 1 aromatic rings.